The van der Waals surface area contributed by atoms with E-state index in [0.717, 1.165) is 100 Å². The van der Waals surface area contributed by atoms with Gasteiger partial charge >= 0.3 is 11.9 Å². The van der Waals surface area contributed by atoms with Crippen molar-refractivity contribution in [1.29, 1.82) is 0 Å². The van der Waals surface area contributed by atoms with Crippen LogP contribution in [0.5, 0.6) is 0 Å². The number of esters is 2. The Bertz CT molecular complexity index is 2530. The van der Waals surface area contributed by atoms with Gasteiger partial charge in [0.25, 0.3) is 0 Å². The Kier molecular flexibility index (Phi) is 16.5. The van der Waals surface area contributed by atoms with Gasteiger partial charge < -0.3 is 29.7 Å². The van der Waals surface area contributed by atoms with Crippen molar-refractivity contribution in [3.05, 3.63) is 80.3 Å². The van der Waals surface area contributed by atoms with Gasteiger partial charge in [0, 0.05) is 74.2 Å². The molecule has 4 N–H and O–H groups in total. The highest BCUT2D eigenvalue weighted by atomic mass is 16.5. The van der Waals surface area contributed by atoms with E-state index in [0.29, 0.717) is 46.9 Å². The van der Waals surface area contributed by atoms with Crippen molar-refractivity contribution in [3.8, 4) is 0 Å². The van der Waals surface area contributed by atoms with Crippen LogP contribution in [0.25, 0.3) is 33.6 Å². The van der Waals surface area contributed by atoms with Gasteiger partial charge in [-0.05, 0) is 106 Å². The monoisotopic (exact) mass is 891 g/mol. The van der Waals surface area contributed by atoms with E-state index in [2.05, 4.69) is 89.6 Å². The van der Waals surface area contributed by atoms with E-state index in [9.17, 15) is 19.8 Å². The first kappa shape index (κ1) is 49.6. The minimum atomic E-state index is -1.08. The number of hydrogen-bond donors (Lipinski definition) is 4. The maximum absolute atomic E-state index is 13.7. The van der Waals surface area contributed by atoms with Crippen LogP contribution in [0.1, 0.15) is 202 Å². The molecule has 10 nitrogen and oxygen atoms in total. The standard InChI is InChI=1S/C55H78N4O6/c1-13-39-34(7)41-29-46-48(38(11)60)36(9)43(57-46)27-42-35(8)40(52(58-42)50-51(55(63)64-12)54(62)49-37(10)44(59-53(49)50)28-45(39)56-41)23-24-47(61)65-26-25-33(6)22-16-21-32(5)20-15-19-31(4)18-14-17-30(2)3/h15,20,27-35,39-40,51,57,59-60,62H,13-14,16-19,21-26H2,1-12H3/b20-15+,42-27?,45-28?,46-29?,48-38+/t31-,32-,33?,34+,35-,39+,40-,51+/m0/s1. The van der Waals surface area contributed by atoms with Crippen LogP contribution in [0.15, 0.2) is 30.4 Å². The molecule has 1 unspecified atom stereocenters. The third kappa shape index (κ3) is 11.1. The lowest BCUT2D eigenvalue weighted by Gasteiger charge is -2.19. The third-order valence-corrected chi connectivity index (χ3v) is 14.8. The van der Waals surface area contributed by atoms with E-state index in [1.807, 2.05) is 19.9 Å². The first-order chi connectivity index (χ1) is 30.9. The summed E-state index contributed by atoms with van der Waals surface area (Å²) in [5.74, 6) is 0.573. The molecule has 354 valence electrons. The maximum Gasteiger partial charge on any atom is 0.321 e. The summed E-state index contributed by atoms with van der Waals surface area (Å²) in [6.07, 6.45) is 15.6. The van der Waals surface area contributed by atoms with Crippen molar-refractivity contribution in [2.24, 2.45) is 23.7 Å². The van der Waals surface area contributed by atoms with Crippen LogP contribution in [0.3, 0.4) is 0 Å². The van der Waals surface area contributed by atoms with E-state index in [-0.39, 0.29) is 47.6 Å². The fraction of sp³-hybridized carbons (Fsp3) is 0.600. The first-order valence-corrected chi connectivity index (χ1v) is 24.7. The molecule has 0 radical (unpaired) electrons. The lowest BCUT2D eigenvalue weighted by molar-refractivity contribution is -0.144. The van der Waals surface area contributed by atoms with Crippen molar-refractivity contribution >= 4 is 45.5 Å². The van der Waals surface area contributed by atoms with Gasteiger partial charge in [0.1, 0.15) is 11.7 Å². The summed E-state index contributed by atoms with van der Waals surface area (Å²) < 4.78 is 11.2. The van der Waals surface area contributed by atoms with E-state index >= 15 is 0 Å². The number of H-pyrrole nitrogens is 2. The van der Waals surface area contributed by atoms with Crippen LogP contribution in [0.4, 0.5) is 0 Å². The fourth-order valence-corrected chi connectivity index (χ4v) is 10.7. The van der Waals surface area contributed by atoms with Crippen molar-refractivity contribution in [2.45, 2.75) is 176 Å². The molecule has 3 aliphatic rings. The number of rotatable bonds is 19. The number of allylic oxidation sites excluding steroid dienone is 2. The molecule has 6 rings (SSSR count). The Morgan fingerprint density at radius 3 is 2.17 bits per heavy atom. The van der Waals surface area contributed by atoms with Crippen LogP contribution in [-0.2, 0) is 19.1 Å². The second kappa shape index (κ2) is 21.6. The number of nitrogens with one attached hydrogen (secondary N) is 2. The fourth-order valence-electron chi connectivity index (χ4n) is 10.7. The van der Waals surface area contributed by atoms with Crippen LogP contribution in [0.2, 0.25) is 0 Å². The van der Waals surface area contributed by atoms with Crippen LogP contribution >= 0.6 is 0 Å². The van der Waals surface area contributed by atoms with Gasteiger partial charge in [-0.3, -0.25) is 19.6 Å². The summed E-state index contributed by atoms with van der Waals surface area (Å²) >= 11 is 0. The number of aromatic amines is 2. The van der Waals surface area contributed by atoms with Crippen LogP contribution in [-0.4, -0.2) is 55.8 Å². The predicted octanol–water partition coefficient (Wildman–Crippen LogP) is 12.3. The average Bonchev–Trinajstić information content (AvgIpc) is 4.00. The minimum Gasteiger partial charge on any atom is -0.512 e. The highest BCUT2D eigenvalue weighted by Gasteiger charge is 2.42. The number of hydrogen-bond acceptors (Lipinski definition) is 8. The summed E-state index contributed by atoms with van der Waals surface area (Å²) in [6.45, 7) is 24.0. The second-order valence-electron chi connectivity index (χ2n) is 20.4. The number of aliphatic hydroxyl groups is 2. The second-order valence-corrected chi connectivity index (χ2v) is 20.4. The summed E-state index contributed by atoms with van der Waals surface area (Å²) in [5.41, 5.74) is 8.51. The average molecular weight is 891 g/mol. The Morgan fingerprint density at radius 2 is 1.48 bits per heavy atom. The number of aryl methyl sites for hydroxylation is 2. The van der Waals surface area contributed by atoms with Crippen molar-refractivity contribution < 1.29 is 29.3 Å². The van der Waals surface area contributed by atoms with Crippen molar-refractivity contribution in [1.82, 2.24) is 19.9 Å². The minimum absolute atomic E-state index is 0.0716. The zero-order valence-corrected chi connectivity index (χ0v) is 41.5. The lowest BCUT2D eigenvalue weighted by atomic mass is 9.84. The van der Waals surface area contributed by atoms with Gasteiger partial charge in [-0.15, -0.1) is 0 Å². The normalized spacial score (nSPS) is 21.2. The Morgan fingerprint density at radius 1 is 0.831 bits per heavy atom. The van der Waals surface area contributed by atoms with E-state index in [1.54, 1.807) is 6.92 Å². The summed E-state index contributed by atoms with van der Waals surface area (Å²) in [4.78, 5) is 44.8. The van der Waals surface area contributed by atoms with Crippen molar-refractivity contribution in [3.63, 3.8) is 0 Å². The number of aromatic nitrogens is 4. The van der Waals surface area contributed by atoms with E-state index in [4.69, 9.17) is 19.4 Å². The number of ether oxygens (including phenoxy) is 2. The van der Waals surface area contributed by atoms with E-state index in [1.165, 1.54) is 26.4 Å². The van der Waals surface area contributed by atoms with Crippen LogP contribution in [0, 0.1) is 37.5 Å². The molecule has 0 saturated carbocycles. The Hall–Kier alpha value is -4.86. The molecule has 0 aromatic carbocycles. The van der Waals surface area contributed by atoms with Gasteiger partial charge in [-0.25, -0.2) is 0 Å². The number of nitrogens with zero attached hydrogens (tertiary/aromatic N) is 2. The molecular formula is C55H78N4O6. The quantitative estimate of drug-likeness (QED) is 0.0686. The smallest absolute Gasteiger partial charge is 0.321 e. The summed E-state index contributed by atoms with van der Waals surface area (Å²) in [6, 6.07) is 6.13. The molecule has 0 saturated heterocycles. The predicted molar refractivity (Wildman–Crippen MR) is 263 cm³/mol. The highest BCUT2D eigenvalue weighted by Crippen LogP contribution is 2.46. The molecule has 1 aliphatic carbocycles. The molecule has 0 fully saturated rings. The summed E-state index contributed by atoms with van der Waals surface area (Å²) in [7, 11) is 1.33. The molecule has 2 aliphatic heterocycles. The molecule has 8 atom stereocenters. The van der Waals surface area contributed by atoms with Gasteiger partial charge in [-0.1, -0.05) is 99.6 Å². The van der Waals surface area contributed by atoms with Crippen molar-refractivity contribution in [2.75, 3.05) is 13.7 Å². The topological polar surface area (TPSA) is 150 Å². The third-order valence-electron chi connectivity index (χ3n) is 14.8. The number of carbonyl (C=O) groups excluding carboxylic acids is 2. The van der Waals surface area contributed by atoms with E-state index < -0.39 is 11.9 Å². The van der Waals surface area contributed by atoms with Gasteiger partial charge in [0.05, 0.1) is 36.2 Å². The summed E-state index contributed by atoms with van der Waals surface area (Å²) in [5, 5.41) is 24.2. The number of aliphatic hydroxyl groups excluding tert-OH is 2. The first-order valence-electron chi connectivity index (χ1n) is 24.7. The Balaban J connectivity index is 1.24. The largest absolute Gasteiger partial charge is 0.512 e. The molecule has 0 amide bonds. The molecule has 3 aromatic rings. The van der Waals surface area contributed by atoms with Gasteiger partial charge in [0.15, 0.2) is 0 Å². The Labute approximate surface area is 387 Å². The number of carbonyl (C=O) groups is 2. The maximum atomic E-state index is 13.7. The molecule has 10 heteroatoms. The SMILES string of the molecule is CC[C@H]1c2cc3[nH]c4c(c5nc(cc6[nH]c(cc(n2)[C@@H]1C)/c(=C(\C)O)c6C)[C@@H](C)[C@@H]5CCC(=O)OCCC(C)CCC[C@@H](C)/C=C/C[C@@H](C)CCCC(C)C)[C@@H](C(=O)OC)C(O)=c4c3C. The zero-order valence-electron chi connectivity index (χ0n) is 41.5. The zero-order chi connectivity index (χ0) is 47.3. The van der Waals surface area contributed by atoms with Gasteiger partial charge in [0.2, 0.25) is 0 Å². The number of fused-ring (bicyclic) bond motifs is 8. The lowest BCUT2D eigenvalue weighted by Crippen LogP contribution is -2.18. The molecule has 5 heterocycles. The molecule has 65 heavy (non-hydrogen) atoms. The number of methoxy groups -OCH3 is 1. The molecule has 3 aromatic heterocycles. The molecule has 8 bridgehead atoms. The van der Waals surface area contributed by atoms with Gasteiger partial charge in [-0.2, -0.15) is 0 Å². The molecular weight excluding hydrogens is 813 g/mol. The molecule has 0 spiro atoms. The highest BCUT2D eigenvalue weighted by molar-refractivity contribution is 5.96. The van der Waals surface area contributed by atoms with Crippen LogP contribution < -0.4 is 10.4 Å².